The molecule has 0 spiro atoms. The molecule has 26 heavy (non-hydrogen) atoms. The number of thiazole rings is 1. The summed E-state index contributed by atoms with van der Waals surface area (Å²) in [4.78, 5) is 26.8. The van der Waals surface area contributed by atoms with Crippen LogP contribution >= 0.6 is 35.3 Å². The molecule has 1 aliphatic heterocycles. The fraction of sp³-hybridized carbons (Fsp3) is 0.722. The molecule has 148 valence electrons. The predicted molar refractivity (Wildman–Crippen MR) is 120 cm³/mol. The van der Waals surface area contributed by atoms with Gasteiger partial charge >= 0.3 is 0 Å². The summed E-state index contributed by atoms with van der Waals surface area (Å²) in [6.45, 7) is 14.4. The number of halogens is 1. The second kappa shape index (κ2) is 9.34. The minimum atomic E-state index is -0.216. The van der Waals surface area contributed by atoms with Gasteiger partial charge in [-0.05, 0) is 41.5 Å². The summed E-state index contributed by atoms with van der Waals surface area (Å²) in [5, 5.41) is 4.52. The highest BCUT2D eigenvalue weighted by atomic mass is 127. The molecule has 1 fully saturated rings. The molecule has 0 aromatic carbocycles. The number of hydrogen-bond donors (Lipinski definition) is 1. The molecule has 0 atom stereocenters. The van der Waals surface area contributed by atoms with E-state index in [0.29, 0.717) is 6.54 Å². The molecular weight excluding hydrogens is 461 g/mol. The number of carbonyl (C=O) groups is 1. The number of hydrogen-bond acceptors (Lipinski definition) is 4. The number of guanidine groups is 1. The van der Waals surface area contributed by atoms with Gasteiger partial charge in [0.25, 0.3) is 0 Å². The maximum absolute atomic E-state index is 12.6. The normalized spacial score (nSPS) is 17.5. The van der Waals surface area contributed by atoms with Crippen LogP contribution in [-0.4, -0.2) is 64.9 Å². The van der Waals surface area contributed by atoms with E-state index in [2.05, 4.69) is 54.8 Å². The van der Waals surface area contributed by atoms with Gasteiger partial charge in [-0.25, -0.2) is 4.98 Å². The second-order valence-electron chi connectivity index (χ2n) is 7.49. The SMILES string of the molecule is CN=C(NCCc1sc(C)nc1C)N1CC(=O)N(C(C)C)C(C)(C)C1.I. The Morgan fingerprint density at radius 3 is 2.50 bits per heavy atom. The Kier molecular flexibility index (Phi) is 8.32. The molecular formula is C18H32IN5OS. The number of aliphatic imine (C=N–C) groups is 1. The molecule has 1 aromatic rings. The van der Waals surface area contributed by atoms with Crippen molar-refractivity contribution in [1.29, 1.82) is 0 Å². The average Bonchev–Trinajstić information content (AvgIpc) is 2.79. The first-order chi connectivity index (χ1) is 11.7. The lowest BCUT2D eigenvalue weighted by atomic mass is 9.96. The van der Waals surface area contributed by atoms with Gasteiger partial charge in [-0.15, -0.1) is 35.3 Å². The zero-order valence-electron chi connectivity index (χ0n) is 16.9. The summed E-state index contributed by atoms with van der Waals surface area (Å²) < 4.78 is 0. The van der Waals surface area contributed by atoms with E-state index >= 15 is 0 Å². The van der Waals surface area contributed by atoms with Crippen molar-refractivity contribution in [2.45, 2.75) is 59.5 Å². The van der Waals surface area contributed by atoms with Crippen LogP contribution in [0.4, 0.5) is 0 Å². The van der Waals surface area contributed by atoms with Gasteiger partial charge in [-0.2, -0.15) is 0 Å². The van der Waals surface area contributed by atoms with E-state index in [1.807, 2.05) is 11.8 Å². The number of aromatic nitrogens is 1. The number of amides is 1. The van der Waals surface area contributed by atoms with Gasteiger partial charge in [0.15, 0.2) is 5.96 Å². The Bertz CT molecular complexity index is 656. The lowest BCUT2D eigenvalue weighted by molar-refractivity contribution is -0.145. The highest BCUT2D eigenvalue weighted by molar-refractivity contribution is 14.0. The van der Waals surface area contributed by atoms with E-state index in [9.17, 15) is 4.79 Å². The maximum Gasteiger partial charge on any atom is 0.242 e. The van der Waals surface area contributed by atoms with Crippen molar-refractivity contribution in [2.24, 2.45) is 4.99 Å². The third kappa shape index (κ3) is 5.31. The first-order valence-electron chi connectivity index (χ1n) is 8.86. The standard InChI is InChI=1S/C18H31N5OS.HI/c1-12(2)23-16(24)10-22(11-18(23,5)6)17(19-7)20-9-8-15-13(3)21-14(4)25-15;/h12H,8-11H2,1-7H3,(H,19,20);1H. The van der Waals surface area contributed by atoms with Crippen molar-refractivity contribution >= 4 is 47.2 Å². The van der Waals surface area contributed by atoms with Crippen molar-refractivity contribution in [2.75, 3.05) is 26.7 Å². The van der Waals surface area contributed by atoms with Crippen LogP contribution in [0.5, 0.6) is 0 Å². The van der Waals surface area contributed by atoms with Gasteiger partial charge in [-0.3, -0.25) is 9.79 Å². The average molecular weight is 493 g/mol. The number of aryl methyl sites for hydroxylation is 2. The summed E-state index contributed by atoms with van der Waals surface area (Å²) in [6, 6.07) is 0.206. The summed E-state index contributed by atoms with van der Waals surface area (Å²) in [7, 11) is 1.77. The van der Waals surface area contributed by atoms with Crippen LogP contribution in [0.25, 0.3) is 0 Å². The van der Waals surface area contributed by atoms with Crippen LogP contribution in [0.2, 0.25) is 0 Å². The molecule has 2 heterocycles. The molecule has 2 rings (SSSR count). The van der Waals surface area contributed by atoms with Crippen molar-refractivity contribution in [1.82, 2.24) is 20.1 Å². The lowest BCUT2D eigenvalue weighted by Gasteiger charge is -2.49. The summed E-state index contributed by atoms with van der Waals surface area (Å²) in [5.41, 5.74) is 0.896. The second-order valence-corrected chi connectivity index (χ2v) is 8.78. The van der Waals surface area contributed by atoms with E-state index in [1.165, 1.54) is 4.88 Å². The number of rotatable bonds is 4. The first kappa shape index (κ1) is 23.1. The number of carbonyl (C=O) groups excluding carboxylic acids is 1. The van der Waals surface area contributed by atoms with Crippen LogP contribution < -0.4 is 5.32 Å². The fourth-order valence-corrected chi connectivity index (χ4v) is 4.68. The molecule has 0 bridgehead atoms. The van der Waals surface area contributed by atoms with Crippen molar-refractivity contribution in [3.05, 3.63) is 15.6 Å². The van der Waals surface area contributed by atoms with E-state index < -0.39 is 0 Å². The van der Waals surface area contributed by atoms with Gasteiger partial charge < -0.3 is 15.1 Å². The zero-order valence-corrected chi connectivity index (χ0v) is 20.1. The van der Waals surface area contributed by atoms with Crippen molar-refractivity contribution in [3.63, 3.8) is 0 Å². The Balaban J connectivity index is 0.00000338. The van der Waals surface area contributed by atoms with E-state index in [0.717, 1.165) is 36.2 Å². The number of nitrogens with one attached hydrogen (secondary N) is 1. The highest BCUT2D eigenvalue weighted by Crippen LogP contribution is 2.24. The Morgan fingerprint density at radius 1 is 1.38 bits per heavy atom. The van der Waals surface area contributed by atoms with Crippen molar-refractivity contribution < 1.29 is 4.79 Å². The lowest BCUT2D eigenvalue weighted by Crippen LogP contribution is -2.66. The largest absolute Gasteiger partial charge is 0.356 e. The smallest absolute Gasteiger partial charge is 0.242 e. The van der Waals surface area contributed by atoms with Crippen LogP contribution in [0, 0.1) is 13.8 Å². The van der Waals surface area contributed by atoms with Crippen LogP contribution in [0.1, 0.15) is 43.3 Å². The highest BCUT2D eigenvalue weighted by Gasteiger charge is 2.40. The van der Waals surface area contributed by atoms with E-state index in [4.69, 9.17) is 0 Å². The predicted octanol–water partition coefficient (Wildman–Crippen LogP) is 2.83. The zero-order chi connectivity index (χ0) is 18.8. The van der Waals surface area contributed by atoms with Crippen LogP contribution in [0.15, 0.2) is 4.99 Å². The molecule has 6 nitrogen and oxygen atoms in total. The van der Waals surface area contributed by atoms with Gasteiger partial charge in [-0.1, -0.05) is 0 Å². The molecule has 0 aliphatic carbocycles. The quantitative estimate of drug-likeness (QED) is 0.398. The minimum absolute atomic E-state index is 0. The molecule has 1 saturated heterocycles. The Morgan fingerprint density at radius 2 is 2.04 bits per heavy atom. The molecule has 8 heteroatoms. The van der Waals surface area contributed by atoms with Crippen molar-refractivity contribution in [3.8, 4) is 0 Å². The maximum atomic E-state index is 12.6. The first-order valence-corrected chi connectivity index (χ1v) is 9.68. The fourth-order valence-electron chi connectivity index (χ4n) is 3.74. The molecule has 1 aromatic heterocycles. The Labute approximate surface area is 178 Å². The third-order valence-corrected chi connectivity index (χ3v) is 5.62. The summed E-state index contributed by atoms with van der Waals surface area (Å²) >= 11 is 1.75. The minimum Gasteiger partial charge on any atom is -0.356 e. The molecule has 0 saturated carbocycles. The van der Waals surface area contributed by atoms with Gasteiger partial charge in [0.1, 0.15) is 0 Å². The van der Waals surface area contributed by atoms with E-state index in [1.54, 1.807) is 18.4 Å². The number of piperazine rings is 1. The topological polar surface area (TPSA) is 60.8 Å². The van der Waals surface area contributed by atoms with E-state index in [-0.39, 0.29) is 41.5 Å². The summed E-state index contributed by atoms with van der Waals surface area (Å²) in [5.74, 6) is 0.951. The molecule has 0 unspecified atom stereocenters. The molecule has 1 aliphatic rings. The third-order valence-electron chi connectivity index (χ3n) is 4.49. The monoisotopic (exact) mass is 493 g/mol. The van der Waals surface area contributed by atoms with Gasteiger partial charge in [0.2, 0.25) is 5.91 Å². The molecule has 1 amide bonds. The number of nitrogens with zero attached hydrogens (tertiary/aromatic N) is 4. The van der Waals surface area contributed by atoms with Gasteiger partial charge in [0.05, 0.1) is 22.8 Å². The Hall–Kier alpha value is -0.900. The summed E-state index contributed by atoms with van der Waals surface area (Å²) in [6.07, 6.45) is 0.916. The molecule has 0 radical (unpaired) electrons. The van der Waals surface area contributed by atoms with Crippen LogP contribution in [-0.2, 0) is 11.2 Å². The van der Waals surface area contributed by atoms with Crippen LogP contribution in [0.3, 0.4) is 0 Å². The molecule has 1 N–H and O–H groups in total. The van der Waals surface area contributed by atoms with Gasteiger partial charge in [0, 0.05) is 37.5 Å².